The Balaban J connectivity index is 2.34. The number of ether oxygens (including phenoxy) is 2. The third-order valence-corrected chi connectivity index (χ3v) is 4.78. The van der Waals surface area contributed by atoms with Crippen LogP contribution in [0.15, 0.2) is 23.8 Å². The summed E-state index contributed by atoms with van der Waals surface area (Å²) in [5.41, 5.74) is 2.73. The van der Waals surface area contributed by atoms with Crippen LogP contribution in [0, 0.1) is 5.41 Å². The van der Waals surface area contributed by atoms with Crippen molar-refractivity contribution in [2.75, 3.05) is 13.2 Å². The Morgan fingerprint density at radius 2 is 2.00 bits per heavy atom. The lowest BCUT2D eigenvalue weighted by Crippen LogP contribution is -2.49. The Labute approximate surface area is 115 Å². The minimum Gasteiger partial charge on any atom is -0.346 e. The summed E-state index contributed by atoms with van der Waals surface area (Å²) in [5, 5.41) is -0.173. The highest BCUT2D eigenvalue weighted by Gasteiger charge is 2.52. The van der Waals surface area contributed by atoms with Crippen molar-refractivity contribution in [2.45, 2.75) is 51.2 Å². The van der Waals surface area contributed by atoms with E-state index in [1.54, 1.807) is 0 Å². The number of alkyl halides is 1. The summed E-state index contributed by atoms with van der Waals surface area (Å²) in [4.78, 5) is 0. The van der Waals surface area contributed by atoms with Crippen molar-refractivity contribution in [3.63, 3.8) is 0 Å². The molecule has 102 valence electrons. The molecule has 0 aromatic carbocycles. The molecule has 0 bridgehead atoms. The maximum Gasteiger partial charge on any atom is 0.189 e. The molecule has 1 unspecified atom stereocenters. The molecule has 2 aliphatic rings. The second-order valence-electron chi connectivity index (χ2n) is 5.92. The summed E-state index contributed by atoms with van der Waals surface area (Å²) in [6.45, 7) is 11.7. The SMILES string of the molecule is C=CCCC1=C(C)C(Cl)C2(CC1(C)C)OCCO2. The monoisotopic (exact) mass is 270 g/mol. The molecule has 0 radical (unpaired) electrons. The molecule has 2 rings (SSSR count). The van der Waals surface area contributed by atoms with Crippen LogP contribution in [0.1, 0.15) is 40.0 Å². The molecule has 0 saturated carbocycles. The highest BCUT2D eigenvalue weighted by atomic mass is 35.5. The minimum atomic E-state index is -0.604. The molecule has 1 saturated heterocycles. The van der Waals surface area contributed by atoms with Gasteiger partial charge in [-0.2, -0.15) is 0 Å². The molecule has 3 heteroatoms. The van der Waals surface area contributed by atoms with Gasteiger partial charge in [0.1, 0.15) is 5.38 Å². The largest absolute Gasteiger partial charge is 0.346 e. The normalized spacial score (nSPS) is 29.9. The van der Waals surface area contributed by atoms with Gasteiger partial charge in [0.25, 0.3) is 0 Å². The van der Waals surface area contributed by atoms with Crippen LogP contribution in [-0.4, -0.2) is 24.4 Å². The van der Waals surface area contributed by atoms with E-state index < -0.39 is 5.79 Å². The molecule has 2 nitrogen and oxygen atoms in total. The molecule has 0 aromatic rings. The predicted octanol–water partition coefficient (Wildman–Crippen LogP) is 4.05. The maximum atomic E-state index is 6.60. The van der Waals surface area contributed by atoms with Gasteiger partial charge in [-0.1, -0.05) is 31.1 Å². The lowest BCUT2D eigenvalue weighted by Gasteiger charge is -2.46. The van der Waals surface area contributed by atoms with Crippen LogP contribution in [0.25, 0.3) is 0 Å². The second-order valence-corrected chi connectivity index (χ2v) is 6.36. The molecular formula is C15H23ClO2. The third kappa shape index (κ3) is 2.26. The van der Waals surface area contributed by atoms with Gasteiger partial charge in [0.2, 0.25) is 0 Å². The average Bonchev–Trinajstić information content (AvgIpc) is 2.75. The zero-order valence-electron chi connectivity index (χ0n) is 11.6. The standard InChI is InChI=1S/C15H23ClO2/c1-5-6-7-12-11(2)13(16)15(10-14(12,3)4)17-8-9-18-15/h5,13H,1,6-10H2,2-4H3. The molecule has 1 fully saturated rings. The van der Waals surface area contributed by atoms with Crippen molar-refractivity contribution in [1.29, 1.82) is 0 Å². The molecule has 0 aromatic heterocycles. The first kappa shape index (κ1) is 14.1. The van der Waals surface area contributed by atoms with E-state index in [4.69, 9.17) is 21.1 Å². The van der Waals surface area contributed by atoms with E-state index in [1.165, 1.54) is 11.1 Å². The Morgan fingerprint density at radius 3 is 2.56 bits per heavy atom. The highest BCUT2D eigenvalue weighted by Crippen LogP contribution is 2.51. The molecule has 18 heavy (non-hydrogen) atoms. The summed E-state index contributed by atoms with van der Waals surface area (Å²) in [6.07, 6.45) is 4.82. The number of hydrogen-bond donors (Lipinski definition) is 0. The van der Waals surface area contributed by atoms with Gasteiger partial charge in [-0.05, 0) is 25.2 Å². The van der Waals surface area contributed by atoms with Gasteiger partial charge >= 0.3 is 0 Å². The lowest BCUT2D eigenvalue weighted by molar-refractivity contribution is -0.176. The van der Waals surface area contributed by atoms with Crippen LogP contribution in [0.4, 0.5) is 0 Å². The summed E-state index contributed by atoms with van der Waals surface area (Å²) in [6, 6.07) is 0. The predicted molar refractivity (Wildman–Crippen MR) is 74.8 cm³/mol. The Bertz CT molecular complexity index is 365. The smallest absolute Gasteiger partial charge is 0.189 e. The lowest BCUT2D eigenvalue weighted by atomic mass is 9.68. The van der Waals surface area contributed by atoms with Crippen molar-refractivity contribution < 1.29 is 9.47 Å². The first-order valence-corrected chi connectivity index (χ1v) is 7.09. The number of allylic oxidation sites excluding steroid dienone is 2. The van der Waals surface area contributed by atoms with Crippen LogP contribution in [0.2, 0.25) is 0 Å². The van der Waals surface area contributed by atoms with Gasteiger partial charge in [0.15, 0.2) is 5.79 Å². The second kappa shape index (κ2) is 4.99. The van der Waals surface area contributed by atoms with Crippen molar-refractivity contribution >= 4 is 11.6 Å². The summed E-state index contributed by atoms with van der Waals surface area (Å²) in [7, 11) is 0. The van der Waals surface area contributed by atoms with E-state index in [0.717, 1.165) is 19.3 Å². The van der Waals surface area contributed by atoms with Crippen molar-refractivity contribution in [3.8, 4) is 0 Å². The van der Waals surface area contributed by atoms with Crippen molar-refractivity contribution in [2.24, 2.45) is 5.41 Å². The Kier molecular flexibility index (Phi) is 3.91. The molecule has 1 aliphatic heterocycles. The molecule has 0 N–H and O–H groups in total. The van der Waals surface area contributed by atoms with Crippen LogP contribution in [0.5, 0.6) is 0 Å². The summed E-state index contributed by atoms with van der Waals surface area (Å²) >= 11 is 6.60. The topological polar surface area (TPSA) is 18.5 Å². The first-order valence-electron chi connectivity index (χ1n) is 6.66. The fraction of sp³-hybridized carbons (Fsp3) is 0.733. The average molecular weight is 271 g/mol. The molecular weight excluding hydrogens is 248 g/mol. The zero-order valence-corrected chi connectivity index (χ0v) is 12.3. The van der Waals surface area contributed by atoms with Crippen LogP contribution in [-0.2, 0) is 9.47 Å². The number of halogens is 1. The van der Waals surface area contributed by atoms with E-state index in [0.29, 0.717) is 13.2 Å². The number of hydrogen-bond acceptors (Lipinski definition) is 2. The van der Waals surface area contributed by atoms with E-state index >= 15 is 0 Å². The van der Waals surface area contributed by atoms with E-state index in [-0.39, 0.29) is 10.8 Å². The molecule has 1 atom stereocenters. The minimum absolute atomic E-state index is 0.0722. The van der Waals surface area contributed by atoms with Crippen molar-refractivity contribution in [3.05, 3.63) is 23.8 Å². The highest BCUT2D eigenvalue weighted by molar-refractivity contribution is 6.23. The van der Waals surface area contributed by atoms with Crippen LogP contribution in [0.3, 0.4) is 0 Å². The summed E-state index contributed by atoms with van der Waals surface area (Å²) < 4.78 is 11.7. The van der Waals surface area contributed by atoms with Gasteiger partial charge in [-0.25, -0.2) is 0 Å². The van der Waals surface area contributed by atoms with E-state index in [2.05, 4.69) is 27.4 Å². The van der Waals surface area contributed by atoms with Gasteiger partial charge in [-0.15, -0.1) is 18.2 Å². The molecule has 1 heterocycles. The summed E-state index contributed by atoms with van der Waals surface area (Å²) in [5.74, 6) is -0.604. The quantitative estimate of drug-likeness (QED) is 0.569. The number of rotatable bonds is 3. The van der Waals surface area contributed by atoms with Crippen molar-refractivity contribution in [1.82, 2.24) is 0 Å². The molecule has 1 aliphatic carbocycles. The van der Waals surface area contributed by atoms with Crippen LogP contribution >= 0.6 is 11.6 Å². The van der Waals surface area contributed by atoms with Crippen LogP contribution < -0.4 is 0 Å². The Hall–Kier alpha value is -0.310. The third-order valence-electron chi connectivity index (χ3n) is 4.12. The van der Waals surface area contributed by atoms with Gasteiger partial charge in [0.05, 0.1) is 13.2 Å². The van der Waals surface area contributed by atoms with E-state index in [9.17, 15) is 0 Å². The molecule has 0 amide bonds. The van der Waals surface area contributed by atoms with Gasteiger partial charge in [-0.3, -0.25) is 0 Å². The van der Waals surface area contributed by atoms with Gasteiger partial charge in [0, 0.05) is 6.42 Å². The van der Waals surface area contributed by atoms with E-state index in [1.807, 2.05) is 6.08 Å². The maximum absolute atomic E-state index is 6.60. The fourth-order valence-corrected chi connectivity index (χ4v) is 3.66. The first-order chi connectivity index (χ1) is 8.43. The zero-order chi connectivity index (χ0) is 13.4. The van der Waals surface area contributed by atoms with Gasteiger partial charge < -0.3 is 9.47 Å². The Morgan fingerprint density at radius 1 is 1.39 bits per heavy atom. The molecule has 1 spiro atoms. The fourth-order valence-electron chi connectivity index (χ4n) is 3.33.